The van der Waals surface area contributed by atoms with Crippen LogP contribution in [0, 0.1) is 6.92 Å². The molecular weight excluding hydrogens is 380 g/mol. The minimum absolute atomic E-state index is 0.241. The number of benzene rings is 2. The monoisotopic (exact) mass is 404 g/mol. The van der Waals surface area contributed by atoms with E-state index in [0.717, 1.165) is 5.56 Å². The number of rotatable bonds is 7. The Morgan fingerprint density at radius 2 is 1.71 bits per heavy atom. The van der Waals surface area contributed by atoms with Crippen LogP contribution >= 0.6 is 11.6 Å². The average molecular weight is 405 g/mol. The second-order valence-electron chi connectivity index (χ2n) is 6.72. The molecule has 7 heteroatoms. The van der Waals surface area contributed by atoms with E-state index >= 15 is 0 Å². The van der Waals surface area contributed by atoms with Crippen LogP contribution in [-0.2, 0) is 9.59 Å². The summed E-state index contributed by atoms with van der Waals surface area (Å²) in [6.07, 6.45) is -0.773. The molecule has 28 heavy (non-hydrogen) atoms. The molecule has 0 spiro atoms. The summed E-state index contributed by atoms with van der Waals surface area (Å²) >= 11 is 5.88. The number of hydrogen-bond donors (Lipinski definition) is 2. The van der Waals surface area contributed by atoms with Crippen molar-refractivity contribution in [1.82, 2.24) is 10.9 Å². The van der Waals surface area contributed by atoms with Crippen molar-refractivity contribution in [3.05, 3.63) is 58.6 Å². The molecule has 0 aromatic heterocycles. The normalized spacial score (nSPS) is 11.6. The van der Waals surface area contributed by atoms with Gasteiger partial charge in [-0.2, -0.15) is 0 Å². The summed E-state index contributed by atoms with van der Waals surface area (Å²) in [6.45, 7) is 7.40. The topological polar surface area (TPSA) is 76.7 Å². The molecule has 0 radical (unpaired) electrons. The number of halogens is 1. The smallest absolute Gasteiger partial charge is 0.279 e. The summed E-state index contributed by atoms with van der Waals surface area (Å²) in [4.78, 5) is 24.0. The van der Waals surface area contributed by atoms with Crippen molar-refractivity contribution in [2.75, 3.05) is 6.61 Å². The fraction of sp³-hybridized carbons (Fsp3) is 0.333. The maximum absolute atomic E-state index is 12.1. The van der Waals surface area contributed by atoms with E-state index in [0.29, 0.717) is 22.4 Å². The highest BCUT2D eigenvalue weighted by Crippen LogP contribution is 2.21. The molecule has 2 amide bonds. The van der Waals surface area contributed by atoms with Gasteiger partial charge in [0.25, 0.3) is 11.8 Å². The number of carbonyl (C=O) groups is 2. The number of hydrogen-bond acceptors (Lipinski definition) is 4. The maximum atomic E-state index is 12.1. The molecule has 0 heterocycles. The number of hydrazine groups is 1. The Bertz CT molecular complexity index is 822. The van der Waals surface area contributed by atoms with E-state index in [4.69, 9.17) is 21.1 Å². The molecule has 1 atom stereocenters. The third-order valence-electron chi connectivity index (χ3n) is 4.05. The zero-order valence-electron chi connectivity index (χ0n) is 16.4. The molecule has 0 bridgehead atoms. The Morgan fingerprint density at radius 1 is 1.04 bits per heavy atom. The van der Waals surface area contributed by atoms with Crippen LogP contribution in [0.4, 0.5) is 0 Å². The molecule has 0 saturated carbocycles. The van der Waals surface area contributed by atoms with Crippen molar-refractivity contribution in [3.8, 4) is 11.5 Å². The lowest BCUT2D eigenvalue weighted by molar-refractivity contribution is -0.133. The molecule has 2 aromatic rings. The minimum Gasteiger partial charge on any atom is -0.483 e. The lowest BCUT2D eigenvalue weighted by atomic mass is 10.0. The van der Waals surface area contributed by atoms with Gasteiger partial charge in [0.05, 0.1) is 0 Å². The van der Waals surface area contributed by atoms with Crippen molar-refractivity contribution >= 4 is 23.4 Å². The van der Waals surface area contributed by atoms with Crippen molar-refractivity contribution in [2.24, 2.45) is 0 Å². The summed E-state index contributed by atoms with van der Waals surface area (Å²) in [5, 5.41) is 0.592. The summed E-state index contributed by atoms with van der Waals surface area (Å²) in [6, 6.07) is 12.7. The van der Waals surface area contributed by atoms with Crippen LogP contribution in [-0.4, -0.2) is 24.5 Å². The van der Waals surface area contributed by atoms with Crippen molar-refractivity contribution in [1.29, 1.82) is 0 Å². The Morgan fingerprint density at radius 3 is 2.32 bits per heavy atom. The van der Waals surface area contributed by atoms with E-state index in [-0.39, 0.29) is 6.61 Å². The lowest BCUT2D eigenvalue weighted by Crippen LogP contribution is -2.48. The number of nitrogens with one attached hydrogen (secondary N) is 2. The molecule has 0 aliphatic heterocycles. The summed E-state index contributed by atoms with van der Waals surface area (Å²) < 4.78 is 11.0. The molecule has 0 saturated heterocycles. The predicted molar refractivity (Wildman–Crippen MR) is 109 cm³/mol. The van der Waals surface area contributed by atoms with Gasteiger partial charge in [-0.15, -0.1) is 0 Å². The molecular formula is C21H25ClN2O4. The van der Waals surface area contributed by atoms with E-state index in [1.807, 2.05) is 31.2 Å². The highest BCUT2D eigenvalue weighted by molar-refractivity contribution is 6.30. The maximum Gasteiger partial charge on any atom is 0.279 e. The van der Waals surface area contributed by atoms with E-state index in [1.165, 1.54) is 5.56 Å². The molecule has 2 N–H and O–H groups in total. The summed E-state index contributed by atoms with van der Waals surface area (Å²) in [7, 11) is 0. The largest absolute Gasteiger partial charge is 0.483 e. The van der Waals surface area contributed by atoms with Gasteiger partial charge in [-0.1, -0.05) is 37.6 Å². The van der Waals surface area contributed by atoms with Crippen LogP contribution in [0.2, 0.25) is 5.02 Å². The Balaban J connectivity index is 1.76. The average Bonchev–Trinajstić information content (AvgIpc) is 2.65. The van der Waals surface area contributed by atoms with Crippen molar-refractivity contribution in [2.45, 2.75) is 39.7 Å². The summed E-state index contributed by atoms with van der Waals surface area (Å²) in [5.41, 5.74) is 6.63. The highest BCUT2D eigenvalue weighted by atomic mass is 35.5. The Labute approximate surface area is 170 Å². The third kappa shape index (κ3) is 6.46. The van der Waals surface area contributed by atoms with E-state index in [2.05, 4.69) is 24.7 Å². The lowest BCUT2D eigenvalue weighted by Gasteiger charge is -2.16. The van der Waals surface area contributed by atoms with Gasteiger partial charge in [0.1, 0.15) is 11.5 Å². The first kappa shape index (κ1) is 21.6. The number of aryl methyl sites for hydroxylation is 1. The first-order valence-electron chi connectivity index (χ1n) is 9.00. The zero-order valence-corrected chi connectivity index (χ0v) is 17.2. The van der Waals surface area contributed by atoms with Crippen LogP contribution in [0.25, 0.3) is 0 Å². The fourth-order valence-corrected chi connectivity index (χ4v) is 2.60. The van der Waals surface area contributed by atoms with Crippen LogP contribution in [0.1, 0.15) is 37.8 Å². The van der Waals surface area contributed by atoms with Gasteiger partial charge >= 0.3 is 0 Å². The highest BCUT2D eigenvalue weighted by Gasteiger charge is 2.16. The van der Waals surface area contributed by atoms with Gasteiger partial charge in [0.15, 0.2) is 12.7 Å². The molecule has 0 fully saturated rings. The molecule has 0 aliphatic carbocycles. The fourth-order valence-electron chi connectivity index (χ4n) is 2.38. The molecule has 1 unspecified atom stereocenters. The van der Waals surface area contributed by atoms with Crippen LogP contribution in [0.3, 0.4) is 0 Å². The van der Waals surface area contributed by atoms with Gasteiger partial charge in [0.2, 0.25) is 0 Å². The molecule has 0 aliphatic rings. The van der Waals surface area contributed by atoms with Gasteiger partial charge < -0.3 is 9.47 Å². The van der Waals surface area contributed by atoms with Gasteiger partial charge in [-0.25, -0.2) is 0 Å². The van der Waals surface area contributed by atoms with Gasteiger partial charge in [0, 0.05) is 5.02 Å². The van der Waals surface area contributed by atoms with E-state index in [1.54, 1.807) is 25.1 Å². The standard InChI is InChI=1S/C21H25ClN2O4/c1-13(2)16-5-8-18(9-6-16)28-15(4)21(26)24-23-20(25)12-27-19-10-7-17(22)11-14(19)3/h5-11,13,15H,12H2,1-4H3,(H,23,25)(H,24,26). The van der Waals surface area contributed by atoms with Crippen LogP contribution in [0.5, 0.6) is 11.5 Å². The molecule has 2 rings (SSSR count). The molecule has 2 aromatic carbocycles. The Kier molecular flexibility index (Phi) is 7.70. The van der Waals surface area contributed by atoms with Crippen molar-refractivity contribution < 1.29 is 19.1 Å². The Hall–Kier alpha value is -2.73. The number of ether oxygens (including phenoxy) is 2. The quantitative estimate of drug-likeness (QED) is 0.689. The second kappa shape index (κ2) is 9.99. The summed E-state index contributed by atoms with van der Waals surface area (Å²) in [5.74, 6) is 0.594. The minimum atomic E-state index is -0.773. The SMILES string of the molecule is Cc1cc(Cl)ccc1OCC(=O)NNC(=O)C(C)Oc1ccc(C(C)C)cc1. The van der Waals surface area contributed by atoms with Crippen molar-refractivity contribution in [3.63, 3.8) is 0 Å². The molecule has 6 nitrogen and oxygen atoms in total. The second-order valence-corrected chi connectivity index (χ2v) is 7.16. The van der Waals surface area contributed by atoms with Gasteiger partial charge in [-0.3, -0.25) is 20.4 Å². The van der Waals surface area contributed by atoms with Crippen LogP contribution < -0.4 is 20.3 Å². The first-order chi connectivity index (χ1) is 13.3. The predicted octanol–water partition coefficient (Wildman–Crippen LogP) is 3.77. The molecule has 150 valence electrons. The van der Waals surface area contributed by atoms with Crippen LogP contribution in [0.15, 0.2) is 42.5 Å². The van der Waals surface area contributed by atoms with E-state index in [9.17, 15) is 9.59 Å². The van der Waals surface area contributed by atoms with Gasteiger partial charge in [-0.05, 0) is 61.2 Å². The number of amides is 2. The first-order valence-corrected chi connectivity index (χ1v) is 9.38. The van der Waals surface area contributed by atoms with E-state index < -0.39 is 17.9 Å². The third-order valence-corrected chi connectivity index (χ3v) is 4.28. The number of carbonyl (C=O) groups excluding carboxylic acids is 2. The zero-order chi connectivity index (χ0) is 20.7.